The first kappa shape index (κ1) is 15.2. The van der Waals surface area contributed by atoms with Crippen molar-refractivity contribution < 1.29 is 5.11 Å². The molecule has 0 saturated carbocycles. The third kappa shape index (κ3) is 2.93. The third-order valence-corrected chi connectivity index (χ3v) is 4.18. The van der Waals surface area contributed by atoms with Crippen LogP contribution in [-0.4, -0.2) is 45.5 Å². The van der Waals surface area contributed by atoms with Crippen LogP contribution in [0.15, 0.2) is 12.4 Å². The summed E-state index contributed by atoms with van der Waals surface area (Å²) in [4.78, 5) is 2.15. The van der Waals surface area contributed by atoms with Gasteiger partial charge in [-0.3, -0.25) is 4.68 Å². The molecule has 1 aromatic rings. The van der Waals surface area contributed by atoms with Gasteiger partial charge in [-0.15, -0.1) is 0 Å². The van der Waals surface area contributed by atoms with Crippen LogP contribution in [0.2, 0.25) is 0 Å². The van der Waals surface area contributed by atoms with Crippen LogP contribution in [0.1, 0.15) is 39.2 Å². The van der Waals surface area contributed by atoms with Crippen molar-refractivity contribution >= 4 is 0 Å². The van der Waals surface area contributed by atoms with Gasteiger partial charge in [0.15, 0.2) is 0 Å². The van der Waals surface area contributed by atoms with Gasteiger partial charge in [-0.05, 0) is 39.4 Å². The van der Waals surface area contributed by atoms with Gasteiger partial charge in [0.1, 0.15) is 0 Å². The van der Waals surface area contributed by atoms with E-state index in [1.54, 1.807) is 0 Å². The zero-order valence-corrected chi connectivity index (χ0v) is 12.3. The molecule has 1 N–H and O–H groups in total. The summed E-state index contributed by atoms with van der Waals surface area (Å²) in [5, 5.41) is 14.8. The number of rotatable bonds is 7. The van der Waals surface area contributed by atoms with Gasteiger partial charge >= 0.3 is 0 Å². The number of aliphatic hydroxyl groups excluding tert-OH is 1. The Morgan fingerprint density at radius 2 is 1.94 bits per heavy atom. The lowest BCUT2D eigenvalue weighted by Gasteiger charge is -2.42. The number of hydrogen-bond donors (Lipinski definition) is 1. The average Bonchev–Trinajstić information content (AvgIpc) is 2.78. The maximum Gasteiger partial charge on any atom is 0.0764 e. The van der Waals surface area contributed by atoms with Crippen molar-refractivity contribution in [2.45, 2.75) is 58.2 Å². The first-order chi connectivity index (χ1) is 8.50. The van der Waals surface area contributed by atoms with Crippen LogP contribution in [-0.2, 0) is 13.0 Å². The molecule has 0 radical (unpaired) electrons. The van der Waals surface area contributed by atoms with Crippen molar-refractivity contribution in [3.8, 4) is 0 Å². The van der Waals surface area contributed by atoms with Crippen molar-refractivity contribution in [3.05, 3.63) is 18.0 Å². The summed E-state index contributed by atoms with van der Waals surface area (Å²) in [5.74, 6) is 0. The molecule has 1 atom stereocenters. The number of hydrogen-bond acceptors (Lipinski definition) is 3. The highest BCUT2D eigenvalue weighted by Crippen LogP contribution is 2.27. The quantitative estimate of drug-likeness (QED) is 0.807. The monoisotopic (exact) mass is 253 g/mol. The molecule has 0 saturated heterocycles. The summed E-state index contributed by atoms with van der Waals surface area (Å²) >= 11 is 0. The molecule has 0 bridgehead atoms. The van der Waals surface area contributed by atoms with E-state index in [9.17, 15) is 5.11 Å². The van der Waals surface area contributed by atoms with E-state index >= 15 is 0 Å². The highest BCUT2D eigenvalue weighted by molar-refractivity contribution is 5.09. The van der Waals surface area contributed by atoms with Gasteiger partial charge in [0.2, 0.25) is 0 Å². The third-order valence-electron chi connectivity index (χ3n) is 4.18. The minimum atomic E-state index is -0.364. The maximum absolute atomic E-state index is 10.6. The number of aliphatic hydroxyl groups is 1. The van der Waals surface area contributed by atoms with Gasteiger partial charge in [0.05, 0.1) is 12.3 Å². The lowest BCUT2D eigenvalue weighted by Crippen LogP contribution is -2.53. The Morgan fingerprint density at radius 1 is 1.33 bits per heavy atom. The topological polar surface area (TPSA) is 41.3 Å². The average molecular weight is 253 g/mol. The van der Waals surface area contributed by atoms with Gasteiger partial charge in [0, 0.05) is 24.7 Å². The summed E-state index contributed by atoms with van der Waals surface area (Å²) in [6.45, 7) is 7.22. The Labute approximate surface area is 111 Å². The van der Waals surface area contributed by atoms with E-state index in [1.807, 2.05) is 31.2 Å². The van der Waals surface area contributed by atoms with Crippen LogP contribution in [0.25, 0.3) is 0 Å². The molecule has 1 unspecified atom stereocenters. The summed E-state index contributed by atoms with van der Waals surface area (Å²) in [6.07, 6.45) is 6.07. The number of aromatic nitrogens is 2. The maximum atomic E-state index is 10.6. The first-order valence-electron chi connectivity index (χ1n) is 6.87. The lowest BCUT2D eigenvalue weighted by atomic mass is 9.82. The fourth-order valence-corrected chi connectivity index (χ4v) is 2.75. The van der Waals surface area contributed by atoms with Crippen LogP contribution in [0.4, 0.5) is 0 Å². The van der Waals surface area contributed by atoms with Gasteiger partial charge < -0.3 is 10.0 Å². The molecule has 0 aromatic carbocycles. The second kappa shape index (κ2) is 6.34. The second-order valence-electron chi connectivity index (χ2n) is 5.13. The van der Waals surface area contributed by atoms with Crippen molar-refractivity contribution in [3.63, 3.8) is 0 Å². The molecule has 1 aromatic heterocycles. The fourth-order valence-electron chi connectivity index (χ4n) is 2.75. The zero-order chi connectivity index (χ0) is 13.8. The largest absolute Gasteiger partial charge is 0.391 e. The van der Waals surface area contributed by atoms with Gasteiger partial charge in [0.25, 0.3) is 0 Å². The van der Waals surface area contributed by atoms with E-state index in [-0.39, 0.29) is 11.6 Å². The number of likely N-dealkylation sites (N-methyl/N-ethyl adjacent to an activating group) is 1. The lowest BCUT2D eigenvalue weighted by molar-refractivity contribution is -0.0125. The highest BCUT2D eigenvalue weighted by atomic mass is 16.3. The zero-order valence-electron chi connectivity index (χ0n) is 12.3. The number of aryl methyl sites for hydroxylation is 1. The Kier molecular flexibility index (Phi) is 5.35. The van der Waals surface area contributed by atoms with E-state index in [0.717, 1.165) is 24.9 Å². The second-order valence-corrected chi connectivity index (χ2v) is 5.13. The van der Waals surface area contributed by atoms with Crippen LogP contribution in [0.5, 0.6) is 0 Å². The standard InChI is InChI=1S/C14H27N3O/c1-6-14(7-2,16(4)5)13(18)9-12-10-15-17(8-3)11-12/h10-11,13,18H,6-9H2,1-5H3. The molecule has 0 aliphatic rings. The predicted octanol–water partition coefficient (Wildman–Crippen LogP) is 1.93. The minimum absolute atomic E-state index is 0.145. The molecule has 1 heterocycles. The molecule has 1 rings (SSSR count). The molecule has 0 fully saturated rings. The normalized spacial score (nSPS) is 14.2. The molecular weight excluding hydrogens is 226 g/mol. The minimum Gasteiger partial charge on any atom is -0.391 e. The van der Waals surface area contributed by atoms with Crippen molar-refractivity contribution in [1.29, 1.82) is 0 Å². The van der Waals surface area contributed by atoms with Crippen LogP contribution in [0.3, 0.4) is 0 Å². The Morgan fingerprint density at radius 3 is 2.33 bits per heavy atom. The molecule has 4 nitrogen and oxygen atoms in total. The highest BCUT2D eigenvalue weighted by Gasteiger charge is 2.36. The van der Waals surface area contributed by atoms with Crippen LogP contribution in [0, 0.1) is 0 Å². The number of nitrogens with zero attached hydrogens (tertiary/aromatic N) is 3. The Hall–Kier alpha value is -0.870. The molecule has 4 heteroatoms. The summed E-state index contributed by atoms with van der Waals surface area (Å²) in [5.41, 5.74) is 0.964. The SMILES string of the molecule is CCn1cc(CC(O)C(CC)(CC)N(C)C)cn1. The molecule has 0 amide bonds. The molecule has 104 valence electrons. The summed E-state index contributed by atoms with van der Waals surface area (Å²) in [6, 6.07) is 0. The predicted molar refractivity (Wildman–Crippen MR) is 74.6 cm³/mol. The van der Waals surface area contributed by atoms with Crippen molar-refractivity contribution in [2.75, 3.05) is 14.1 Å². The summed E-state index contributed by atoms with van der Waals surface area (Å²) < 4.78 is 1.90. The van der Waals surface area contributed by atoms with E-state index in [4.69, 9.17) is 0 Å². The Bertz CT molecular complexity index is 356. The van der Waals surface area contributed by atoms with Gasteiger partial charge in [-0.2, -0.15) is 5.10 Å². The molecular formula is C14H27N3O. The summed E-state index contributed by atoms with van der Waals surface area (Å²) in [7, 11) is 4.09. The van der Waals surface area contributed by atoms with E-state index < -0.39 is 0 Å². The first-order valence-corrected chi connectivity index (χ1v) is 6.87. The van der Waals surface area contributed by atoms with E-state index in [2.05, 4.69) is 30.8 Å². The van der Waals surface area contributed by atoms with Crippen LogP contribution < -0.4 is 0 Å². The van der Waals surface area contributed by atoms with Crippen molar-refractivity contribution in [1.82, 2.24) is 14.7 Å². The Balaban J connectivity index is 2.81. The van der Waals surface area contributed by atoms with E-state index in [0.29, 0.717) is 6.42 Å². The molecule has 0 spiro atoms. The van der Waals surface area contributed by atoms with Gasteiger partial charge in [-0.1, -0.05) is 13.8 Å². The molecule has 0 aliphatic carbocycles. The van der Waals surface area contributed by atoms with E-state index in [1.165, 1.54) is 0 Å². The van der Waals surface area contributed by atoms with Crippen LogP contribution >= 0.6 is 0 Å². The fraction of sp³-hybridized carbons (Fsp3) is 0.786. The molecule has 0 aliphatic heterocycles. The molecule has 18 heavy (non-hydrogen) atoms. The smallest absolute Gasteiger partial charge is 0.0764 e. The van der Waals surface area contributed by atoms with Gasteiger partial charge in [-0.25, -0.2) is 0 Å². The van der Waals surface area contributed by atoms with Crippen molar-refractivity contribution in [2.24, 2.45) is 0 Å².